The third kappa shape index (κ3) is 4.58. The highest BCUT2D eigenvalue weighted by molar-refractivity contribution is 7.18. The SMILES string of the molecule is CCOC(=O)c1sc(NC(=O)COc2ccc(C)cc2)c(C#N)c1C. The molecule has 1 N–H and O–H groups in total. The van der Waals surface area contributed by atoms with Gasteiger partial charge < -0.3 is 14.8 Å². The van der Waals surface area contributed by atoms with Gasteiger partial charge in [-0.25, -0.2) is 4.79 Å². The van der Waals surface area contributed by atoms with E-state index in [2.05, 4.69) is 5.32 Å². The van der Waals surface area contributed by atoms with Gasteiger partial charge >= 0.3 is 5.97 Å². The van der Waals surface area contributed by atoms with Gasteiger partial charge in [-0.2, -0.15) is 5.26 Å². The molecule has 0 aliphatic rings. The van der Waals surface area contributed by atoms with E-state index in [4.69, 9.17) is 9.47 Å². The fourth-order valence-electron chi connectivity index (χ4n) is 2.07. The van der Waals surface area contributed by atoms with Crippen LogP contribution < -0.4 is 10.1 Å². The van der Waals surface area contributed by atoms with Crippen molar-refractivity contribution in [3.8, 4) is 11.8 Å². The Bertz CT molecular complexity index is 819. The van der Waals surface area contributed by atoms with Crippen molar-refractivity contribution >= 4 is 28.2 Å². The first-order valence-corrected chi connectivity index (χ1v) is 8.47. The third-order valence-electron chi connectivity index (χ3n) is 3.36. The zero-order valence-corrected chi connectivity index (χ0v) is 15.0. The summed E-state index contributed by atoms with van der Waals surface area (Å²) in [6.45, 7) is 5.36. The summed E-state index contributed by atoms with van der Waals surface area (Å²) >= 11 is 1.03. The second-order valence-corrected chi connectivity index (χ2v) is 6.26. The van der Waals surface area contributed by atoms with Gasteiger partial charge in [-0.05, 0) is 38.5 Å². The Morgan fingerprint density at radius 2 is 1.92 bits per heavy atom. The van der Waals surface area contributed by atoms with Crippen LogP contribution in [-0.2, 0) is 9.53 Å². The summed E-state index contributed by atoms with van der Waals surface area (Å²) in [5.74, 6) is -0.331. The number of hydrogen-bond donors (Lipinski definition) is 1. The molecule has 0 aliphatic carbocycles. The van der Waals surface area contributed by atoms with Crippen LogP contribution >= 0.6 is 11.3 Å². The number of carbonyl (C=O) groups excluding carboxylic acids is 2. The lowest BCUT2D eigenvalue weighted by atomic mass is 10.2. The van der Waals surface area contributed by atoms with Gasteiger partial charge in [0.05, 0.1) is 12.2 Å². The first-order valence-electron chi connectivity index (χ1n) is 7.66. The van der Waals surface area contributed by atoms with Crippen LogP contribution in [0.25, 0.3) is 0 Å². The van der Waals surface area contributed by atoms with Crippen molar-refractivity contribution in [1.29, 1.82) is 5.26 Å². The second kappa shape index (κ2) is 8.31. The molecule has 2 aromatic rings. The lowest BCUT2D eigenvalue weighted by molar-refractivity contribution is -0.118. The first-order chi connectivity index (χ1) is 12.0. The predicted octanol–water partition coefficient (Wildman–Crippen LogP) is 3.43. The van der Waals surface area contributed by atoms with Gasteiger partial charge in [-0.1, -0.05) is 17.7 Å². The average molecular weight is 358 g/mol. The average Bonchev–Trinajstić information content (AvgIpc) is 2.90. The van der Waals surface area contributed by atoms with Crippen LogP contribution in [0.4, 0.5) is 5.00 Å². The van der Waals surface area contributed by atoms with Gasteiger partial charge in [-0.15, -0.1) is 11.3 Å². The normalized spacial score (nSPS) is 10.0. The van der Waals surface area contributed by atoms with Gasteiger partial charge in [0.1, 0.15) is 21.7 Å². The Morgan fingerprint density at radius 3 is 2.52 bits per heavy atom. The minimum Gasteiger partial charge on any atom is -0.484 e. The van der Waals surface area contributed by atoms with Gasteiger partial charge in [0, 0.05) is 0 Å². The van der Waals surface area contributed by atoms with E-state index in [-0.39, 0.29) is 18.8 Å². The van der Waals surface area contributed by atoms with Crippen molar-refractivity contribution < 1.29 is 19.1 Å². The van der Waals surface area contributed by atoms with E-state index < -0.39 is 11.9 Å². The van der Waals surface area contributed by atoms with Crippen LogP contribution in [0.2, 0.25) is 0 Å². The summed E-state index contributed by atoms with van der Waals surface area (Å²) in [7, 11) is 0. The van der Waals surface area contributed by atoms with Gasteiger partial charge in [-0.3, -0.25) is 4.79 Å². The number of nitriles is 1. The zero-order chi connectivity index (χ0) is 18.4. The zero-order valence-electron chi connectivity index (χ0n) is 14.2. The molecule has 7 heteroatoms. The highest BCUT2D eigenvalue weighted by Crippen LogP contribution is 2.33. The van der Waals surface area contributed by atoms with Crippen molar-refractivity contribution in [2.24, 2.45) is 0 Å². The quantitative estimate of drug-likeness (QED) is 0.799. The number of rotatable bonds is 6. The lowest BCUT2D eigenvalue weighted by Gasteiger charge is -2.06. The molecule has 0 bridgehead atoms. The fourth-order valence-corrected chi connectivity index (χ4v) is 3.14. The summed E-state index contributed by atoms with van der Waals surface area (Å²) < 4.78 is 10.4. The van der Waals surface area contributed by atoms with Gasteiger partial charge in [0.25, 0.3) is 5.91 Å². The Hall–Kier alpha value is -2.85. The molecule has 0 fully saturated rings. The highest BCUT2D eigenvalue weighted by atomic mass is 32.1. The lowest BCUT2D eigenvalue weighted by Crippen LogP contribution is -2.20. The Balaban J connectivity index is 2.07. The van der Waals surface area contributed by atoms with E-state index in [1.807, 2.05) is 25.1 Å². The molecule has 0 atom stereocenters. The number of hydrogen-bond acceptors (Lipinski definition) is 6. The largest absolute Gasteiger partial charge is 0.484 e. The van der Waals surface area contributed by atoms with E-state index in [9.17, 15) is 14.9 Å². The molecule has 130 valence electrons. The number of nitrogens with one attached hydrogen (secondary N) is 1. The van der Waals surface area contributed by atoms with Crippen LogP contribution in [-0.4, -0.2) is 25.1 Å². The molecule has 1 amide bonds. The standard InChI is InChI=1S/C18H18N2O4S/c1-4-23-18(22)16-12(3)14(9-19)17(25-16)20-15(21)10-24-13-7-5-11(2)6-8-13/h5-8H,4,10H2,1-3H3,(H,20,21). The van der Waals surface area contributed by atoms with Gasteiger partial charge in [0.15, 0.2) is 6.61 Å². The topological polar surface area (TPSA) is 88.4 Å². The summed E-state index contributed by atoms with van der Waals surface area (Å²) in [4.78, 5) is 24.3. The maximum absolute atomic E-state index is 12.1. The molecule has 0 unspecified atom stereocenters. The van der Waals surface area contributed by atoms with Crippen LogP contribution in [0.5, 0.6) is 5.75 Å². The van der Waals surface area contributed by atoms with Crippen LogP contribution in [0.1, 0.15) is 33.3 Å². The van der Waals surface area contributed by atoms with Crippen LogP contribution in [0, 0.1) is 25.2 Å². The summed E-state index contributed by atoms with van der Waals surface area (Å²) in [5, 5.41) is 12.2. The maximum Gasteiger partial charge on any atom is 0.348 e. The molecule has 0 spiro atoms. The van der Waals surface area contributed by atoms with E-state index in [0.717, 1.165) is 16.9 Å². The first kappa shape index (κ1) is 18.5. The molecular weight excluding hydrogens is 340 g/mol. The van der Waals surface area contributed by atoms with E-state index >= 15 is 0 Å². The number of esters is 1. The molecule has 1 aromatic heterocycles. The van der Waals surface area contributed by atoms with Crippen molar-refractivity contribution in [2.75, 3.05) is 18.5 Å². The Morgan fingerprint density at radius 1 is 1.24 bits per heavy atom. The van der Waals surface area contributed by atoms with Crippen molar-refractivity contribution in [3.05, 3.63) is 45.8 Å². The van der Waals surface area contributed by atoms with Crippen molar-refractivity contribution in [3.63, 3.8) is 0 Å². The Labute approximate surface area is 150 Å². The third-order valence-corrected chi connectivity index (χ3v) is 4.55. The minimum atomic E-state index is -0.502. The number of nitrogens with zero attached hydrogens (tertiary/aromatic N) is 1. The summed E-state index contributed by atoms with van der Waals surface area (Å²) in [5.41, 5.74) is 1.86. The number of thiophene rings is 1. The number of ether oxygens (including phenoxy) is 2. The highest BCUT2D eigenvalue weighted by Gasteiger charge is 2.22. The number of benzene rings is 1. The van der Waals surface area contributed by atoms with Gasteiger partial charge in [0.2, 0.25) is 0 Å². The monoisotopic (exact) mass is 358 g/mol. The molecule has 0 radical (unpaired) electrons. The molecule has 0 saturated carbocycles. The molecule has 6 nitrogen and oxygen atoms in total. The maximum atomic E-state index is 12.1. The van der Waals surface area contributed by atoms with E-state index in [1.165, 1.54) is 0 Å². The predicted molar refractivity (Wildman–Crippen MR) is 95.0 cm³/mol. The van der Waals surface area contributed by atoms with Crippen LogP contribution in [0.15, 0.2) is 24.3 Å². The molecule has 2 rings (SSSR count). The fraction of sp³-hybridized carbons (Fsp3) is 0.278. The number of anilines is 1. The molecule has 0 saturated heterocycles. The molecule has 0 aliphatic heterocycles. The van der Waals surface area contributed by atoms with E-state index in [1.54, 1.807) is 26.0 Å². The number of aryl methyl sites for hydroxylation is 1. The minimum absolute atomic E-state index is 0.195. The molecule has 25 heavy (non-hydrogen) atoms. The molecule has 1 aromatic carbocycles. The molecule has 1 heterocycles. The van der Waals surface area contributed by atoms with Crippen molar-refractivity contribution in [1.82, 2.24) is 0 Å². The second-order valence-electron chi connectivity index (χ2n) is 5.24. The molecular formula is C18H18N2O4S. The van der Waals surface area contributed by atoms with Crippen LogP contribution in [0.3, 0.4) is 0 Å². The Kier molecular flexibility index (Phi) is 6.14. The van der Waals surface area contributed by atoms with E-state index in [0.29, 0.717) is 21.2 Å². The summed E-state index contributed by atoms with van der Waals surface area (Å²) in [6, 6.07) is 9.33. The number of carbonyl (C=O) groups is 2. The number of amides is 1. The smallest absolute Gasteiger partial charge is 0.348 e. The van der Waals surface area contributed by atoms with Crippen molar-refractivity contribution in [2.45, 2.75) is 20.8 Å². The summed E-state index contributed by atoms with van der Waals surface area (Å²) in [6.07, 6.45) is 0.